The van der Waals surface area contributed by atoms with Crippen LogP contribution in [0.5, 0.6) is 0 Å². The third-order valence-electron chi connectivity index (χ3n) is 2.64. The molecule has 0 aromatic carbocycles. The quantitative estimate of drug-likeness (QED) is 0.802. The second-order valence-electron chi connectivity index (χ2n) is 3.65. The summed E-state index contributed by atoms with van der Waals surface area (Å²) in [7, 11) is 0. The van der Waals surface area contributed by atoms with E-state index >= 15 is 0 Å². The molecule has 0 amide bonds. The van der Waals surface area contributed by atoms with Gasteiger partial charge >= 0.3 is 0 Å². The molecule has 1 aliphatic heterocycles. The molecule has 1 fully saturated rings. The molecule has 2 atom stereocenters. The zero-order valence-corrected chi connectivity index (χ0v) is 8.53. The minimum absolute atomic E-state index is 0.141. The SMILES string of the molecule is CCNC1CCOC(c2ccco2)C1. The van der Waals surface area contributed by atoms with Crippen molar-refractivity contribution < 1.29 is 9.15 Å². The van der Waals surface area contributed by atoms with Crippen molar-refractivity contribution in [2.45, 2.75) is 31.9 Å². The van der Waals surface area contributed by atoms with E-state index in [0.29, 0.717) is 6.04 Å². The smallest absolute Gasteiger partial charge is 0.132 e. The van der Waals surface area contributed by atoms with Crippen molar-refractivity contribution >= 4 is 0 Å². The maximum atomic E-state index is 5.67. The van der Waals surface area contributed by atoms with E-state index in [9.17, 15) is 0 Å². The van der Waals surface area contributed by atoms with Crippen LogP contribution in [0.4, 0.5) is 0 Å². The zero-order valence-electron chi connectivity index (χ0n) is 8.53. The van der Waals surface area contributed by atoms with E-state index in [4.69, 9.17) is 9.15 Å². The second-order valence-corrected chi connectivity index (χ2v) is 3.65. The minimum Gasteiger partial charge on any atom is -0.467 e. The van der Waals surface area contributed by atoms with Crippen LogP contribution in [0.3, 0.4) is 0 Å². The number of ether oxygens (including phenoxy) is 1. The highest BCUT2D eigenvalue weighted by Gasteiger charge is 2.24. The molecule has 1 aromatic rings. The Morgan fingerprint density at radius 1 is 1.57 bits per heavy atom. The fourth-order valence-electron chi connectivity index (χ4n) is 1.94. The predicted octanol–water partition coefficient (Wildman–Crippen LogP) is 2.11. The summed E-state index contributed by atoms with van der Waals surface area (Å²) >= 11 is 0. The van der Waals surface area contributed by atoms with Gasteiger partial charge in [-0.3, -0.25) is 0 Å². The van der Waals surface area contributed by atoms with Gasteiger partial charge in [-0.15, -0.1) is 0 Å². The van der Waals surface area contributed by atoms with Gasteiger partial charge in [0.25, 0.3) is 0 Å². The molecule has 1 N–H and O–H groups in total. The molecule has 14 heavy (non-hydrogen) atoms. The Balaban J connectivity index is 1.94. The molecule has 2 rings (SSSR count). The molecular weight excluding hydrogens is 178 g/mol. The van der Waals surface area contributed by atoms with Crippen molar-refractivity contribution in [3.8, 4) is 0 Å². The molecule has 3 nitrogen and oxygen atoms in total. The van der Waals surface area contributed by atoms with Crippen LogP contribution in [0.2, 0.25) is 0 Å². The first kappa shape index (κ1) is 9.74. The van der Waals surface area contributed by atoms with Crippen LogP contribution in [0.15, 0.2) is 22.8 Å². The third kappa shape index (κ3) is 2.16. The van der Waals surface area contributed by atoms with Gasteiger partial charge in [0, 0.05) is 12.6 Å². The molecule has 2 unspecified atom stereocenters. The van der Waals surface area contributed by atoms with Crippen LogP contribution in [0, 0.1) is 0 Å². The van der Waals surface area contributed by atoms with Gasteiger partial charge in [-0.25, -0.2) is 0 Å². The summed E-state index contributed by atoms with van der Waals surface area (Å²) in [4.78, 5) is 0. The molecule has 78 valence electrons. The highest BCUT2D eigenvalue weighted by atomic mass is 16.5. The van der Waals surface area contributed by atoms with Crippen molar-refractivity contribution in [3.63, 3.8) is 0 Å². The lowest BCUT2D eigenvalue weighted by molar-refractivity contribution is -0.0115. The standard InChI is InChI=1S/C11H17NO2/c1-2-12-9-5-7-14-11(8-9)10-4-3-6-13-10/h3-4,6,9,11-12H,2,5,7-8H2,1H3. The van der Waals surface area contributed by atoms with Crippen LogP contribution in [-0.4, -0.2) is 19.2 Å². The highest BCUT2D eigenvalue weighted by Crippen LogP contribution is 2.28. The van der Waals surface area contributed by atoms with E-state index < -0.39 is 0 Å². The summed E-state index contributed by atoms with van der Waals surface area (Å²) < 4.78 is 11.0. The fourth-order valence-corrected chi connectivity index (χ4v) is 1.94. The summed E-state index contributed by atoms with van der Waals surface area (Å²) in [5.41, 5.74) is 0. The average Bonchev–Trinajstić information content (AvgIpc) is 2.71. The predicted molar refractivity (Wildman–Crippen MR) is 54.1 cm³/mol. The van der Waals surface area contributed by atoms with Gasteiger partial charge in [0.15, 0.2) is 0 Å². The van der Waals surface area contributed by atoms with Gasteiger partial charge in [-0.1, -0.05) is 6.92 Å². The van der Waals surface area contributed by atoms with Gasteiger partial charge in [-0.2, -0.15) is 0 Å². The van der Waals surface area contributed by atoms with E-state index in [1.54, 1.807) is 6.26 Å². The van der Waals surface area contributed by atoms with Gasteiger partial charge in [0.05, 0.1) is 6.26 Å². The molecule has 0 spiro atoms. The summed E-state index contributed by atoms with van der Waals surface area (Å²) in [6.45, 7) is 3.98. The first-order chi connectivity index (χ1) is 6.90. The zero-order chi connectivity index (χ0) is 9.80. The van der Waals surface area contributed by atoms with Gasteiger partial charge < -0.3 is 14.5 Å². The molecule has 1 saturated heterocycles. The van der Waals surface area contributed by atoms with Crippen molar-refractivity contribution in [2.75, 3.05) is 13.2 Å². The van der Waals surface area contributed by atoms with Gasteiger partial charge in [0.2, 0.25) is 0 Å². The molecule has 0 saturated carbocycles. The topological polar surface area (TPSA) is 34.4 Å². The Labute approximate surface area is 84.4 Å². The lowest BCUT2D eigenvalue weighted by Gasteiger charge is -2.28. The normalized spacial score (nSPS) is 27.8. The van der Waals surface area contributed by atoms with Crippen molar-refractivity contribution in [2.24, 2.45) is 0 Å². The molecule has 2 heterocycles. The summed E-state index contributed by atoms with van der Waals surface area (Å²) in [6, 6.07) is 4.47. The van der Waals surface area contributed by atoms with E-state index in [1.807, 2.05) is 12.1 Å². The van der Waals surface area contributed by atoms with E-state index in [0.717, 1.165) is 31.8 Å². The van der Waals surface area contributed by atoms with Crippen LogP contribution in [0.1, 0.15) is 31.6 Å². The minimum atomic E-state index is 0.141. The number of furan rings is 1. The number of nitrogens with one attached hydrogen (secondary N) is 1. The molecule has 3 heteroatoms. The monoisotopic (exact) mass is 195 g/mol. The number of rotatable bonds is 3. The van der Waals surface area contributed by atoms with Crippen molar-refractivity contribution in [1.82, 2.24) is 5.32 Å². The Kier molecular flexibility index (Phi) is 3.22. The number of hydrogen-bond donors (Lipinski definition) is 1. The maximum absolute atomic E-state index is 5.67. The van der Waals surface area contributed by atoms with E-state index in [2.05, 4.69) is 12.2 Å². The summed E-state index contributed by atoms with van der Waals surface area (Å²) in [6.07, 6.45) is 3.96. The largest absolute Gasteiger partial charge is 0.467 e. The Bertz CT molecular complexity index is 256. The molecular formula is C11H17NO2. The van der Waals surface area contributed by atoms with Crippen LogP contribution in [0.25, 0.3) is 0 Å². The maximum Gasteiger partial charge on any atom is 0.132 e. The molecule has 0 aliphatic carbocycles. The van der Waals surface area contributed by atoms with Gasteiger partial charge in [0.1, 0.15) is 11.9 Å². The lowest BCUT2D eigenvalue weighted by atomic mass is 10.0. The fraction of sp³-hybridized carbons (Fsp3) is 0.636. The lowest BCUT2D eigenvalue weighted by Crippen LogP contribution is -2.35. The molecule has 0 radical (unpaired) electrons. The first-order valence-corrected chi connectivity index (χ1v) is 5.28. The molecule has 1 aliphatic rings. The Morgan fingerprint density at radius 2 is 2.50 bits per heavy atom. The van der Waals surface area contributed by atoms with Crippen molar-refractivity contribution in [1.29, 1.82) is 0 Å². The van der Waals surface area contributed by atoms with Gasteiger partial charge in [-0.05, 0) is 31.5 Å². The van der Waals surface area contributed by atoms with Crippen LogP contribution >= 0.6 is 0 Å². The highest BCUT2D eigenvalue weighted by molar-refractivity contribution is 5.03. The Hall–Kier alpha value is -0.800. The number of hydrogen-bond acceptors (Lipinski definition) is 3. The summed E-state index contributed by atoms with van der Waals surface area (Å²) in [5.74, 6) is 0.951. The second kappa shape index (κ2) is 4.62. The Morgan fingerprint density at radius 3 is 3.21 bits per heavy atom. The van der Waals surface area contributed by atoms with Crippen LogP contribution < -0.4 is 5.32 Å². The third-order valence-corrected chi connectivity index (χ3v) is 2.64. The van der Waals surface area contributed by atoms with E-state index in [-0.39, 0.29) is 6.10 Å². The van der Waals surface area contributed by atoms with Crippen LogP contribution in [-0.2, 0) is 4.74 Å². The average molecular weight is 195 g/mol. The van der Waals surface area contributed by atoms with Crippen molar-refractivity contribution in [3.05, 3.63) is 24.2 Å². The molecule has 0 bridgehead atoms. The molecule has 1 aromatic heterocycles. The summed E-state index contributed by atoms with van der Waals surface area (Å²) in [5, 5.41) is 3.45. The van der Waals surface area contributed by atoms with E-state index in [1.165, 1.54) is 0 Å². The first-order valence-electron chi connectivity index (χ1n) is 5.28.